The molecule has 0 aliphatic rings. The molecule has 13 heteroatoms. The monoisotopic (exact) mass is 561 g/mol. The summed E-state index contributed by atoms with van der Waals surface area (Å²) < 4.78 is 35.8. The average Bonchev–Trinajstić information content (AvgIpc) is 2.85. The van der Waals surface area contributed by atoms with Crippen molar-refractivity contribution in [3.63, 3.8) is 0 Å². The maximum absolute atomic E-state index is 12.7. The van der Waals surface area contributed by atoms with Gasteiger partial charge in [0.15, 0.2) is 5.75 Å². The molecule has 0 saturated carbocycles. The molecule has 0 aliphatic heterocycles. The third-order valence-electron chi connectivity index (χ3n) is 4.84. The van der Waals surface area contributed by atoms with Gasteiger partial charge in [-0.3, -0.25) is 14.9 Å². The second-order valence-corrected chi connectivity index (χ2v) is 9.79. The van der Waals surface area contributed by atoms with Crippen molar-refractivity contribution in [3.8, 4) is 17.6 Å². The zero-order valence-corrected chi connectivity index (χ0v) is 21.5. The smallest absolute Gasteiger partial charge is 0.339 e. The molecule has 0 spiro atoms. The van der Waals surface area contributed by atoms with Gasteiger partial charge in [-0.05, 0) is 48.9 Å². The van der Waals surface area contributed by atoms with Crippen LogP contribution >= 0.6 is 23.2 Å². The van der Waals surface area contributed by atoms with Crippen LogP contribution in [0.4, 0.5) is 11.4 Å². The summed E-state index contributed by atoms with van der Waals surface area (Å²) in [5.74, 6) is -1.26. The van der Waals surface area contributed by atoms with Crippen molar-refractivity contribution in [2.24, 2.45) is 0 Å². The van der Waals surface area contributed by atoms with E-state index in [0.29, 0.717) is 0 Å². The van der Waals surface area contributed by atoms with Gasteiger partial charge in [0, 0.05) is 12.1 Å². The number of nitrogens with one attached hydrogen (secondary N) is 1. The molecule has 0 fully saturated rings. The quantitative estimate of drug-likeness (QED) is 0.124. The van der Waals surface area contributed by atoms with E-state index in [1.807, 2.05) is 0 Å². The lowest BCUT2D eigenvalue weighted by Crippen LogP contribution is -2.14. The van der Waals surface area contributed by atoms with Crippen LogP contribution in [0, 0.1) is 28.4 Å². The number of rotatable bonds is 8. The molecule has 3 aromatic carbocycles. The highest BCUT2D eigenvalue weighted by molar-refractivity contribution is 7.87. The van der Waals surface area contributed by atoms with Crippen LogP contribution in [0.1, 0.15) is 11.1 Å². The Bertz CT molecular complexity index is 1560. The van der Waals surface area contributed by atoms with Crippen LogP contribution in [0.3, 0.4) is 0 Å². The molecule has 1 amide bonds. The van der Waals surface area contributed by atoms with Crippen molar-refractivity contribution in [3.05, 3.63) is 91.5 Å². The molecule has 0 saturated heterocycles. The number of amides is 1. The van der Waals surface area contributed by atoms with Gasteiger partial charge < -0.3 is 14.2 Å². The number of methoxy groups -OCH3 is 1. The fraction of sp³-hybridized carbons (Fsp3) is 0.0833. The van der Waals surface area contributed by atoms with E-state index in [2.05, 4.69) is 5.32 Å². The average molecular weight is 562 g/mol. The van der Waals surface area contributed by atoms with Crippen molar-refractivity contribution < 1.29 is 27.1 Å². The Kier molecular flexibility index (Phi) is 8.39. The summed E-state index contributed by atoms with van der Waals surface area (Å²) in [7, 11) is -2.99. The minimum absolute atomic E-state index is 0.0252. The Morgan fingerprint density at radius 1 is 1.11 bits per heavy atom. The van der Waals surface area contributed by atoms with Gasteiger partial charge in [-0.1, -0.05) is 40.9 Å². The standard InChI is InChI=1S/C24H17Cl2N3O7S/c1-14-3-6-18(7-4-14)37(33,34)36-23-20(26)10-15(11-22(23)35-2)9-16(13-27)24(30)28-21-12-17(29(31)32)5-8-19(21)25/h3-12H,1-2H3,(H,28,30)/b16-9+. The Morgan fingerprint density at radius 2 is 1.78 bits per heavy atom. The van der Waals surface area contributed by atoms with Crippen LogP contribution in [-0.4, -0.2) is 26.4 Å². The Labute approximate surface area is 221 Å². The van der Waals surface area contributed by atoms with Crippen LogP contribution in [0.2, 0.25) is 10.0 Å². The highest BCUT2D eigenvalue weighted by Crippen LogP contribution is 2.39. The number of hydrogen-bond acceptors (Lipinski definition) is 8. The van der Waals surface area contributed by atoms with E-state index in [0.717, 1.165) is 23.8 Å². The van der Waals surface area contributed by atoms with E-state index in [-0.39, 0.29) is 43.4 Å². The highest BCUT2D eigenvalue weighted by atomic mass is 35.5. The number of nitro benzene ring substituents is 1. The molecule has 1 N–H and O–H groups in total. The Morgan fingerprint density at radius 3 is 2.38 bits per heavy atom. The first-order valence-corrected chi connectivity index (χ1v) is 12.4. The Balaban J connectivity index is 1.92. The molecule has 0 atom stereocenters. The lowest BCUT2D eigenvalue weighted by Gasteiger charge is -2.13. The molecule has 190 valence electrons. The number of ether oxygens (including phenoxy) is 1. The maximum atomic E-state index is 12.7. The number of hydrogen-bond donors (Lipinski definition) is 1. The molecule has 0 unspecified atom stereocenters. The van der Waals surface area contributed by atoms with Crippen molar-refractivity contribution in [1.82, 2.24) is 0 Å². The van der Waals surface area contributed by atoms with Gasteiger partial charge in [0.2, 0.25) is 5.75 Å². The molecule has 37 heavy (non-hydrogen) atoms. The van der Waals surface area contributed by atoms with Gasteiger partial charge >= 0.3 is 10.1 Å². The molecule has 0 heterocycles. The van der Waals surface area contributed by atoms with Gasteiger partial charge in [0.25, 0.3) is 11.6 Å². The maximum Gasteiger partial charge on any atom is 0.339 e. The number of benzene rings is 3. The van der Waals surface area contributed by atoms with E-state index in [1.54, 1.807) is 25.1 Å². The van der Waals surface area contributed by atoms with Crippen LogP contribution in [0.5, 0.6) is 11.5 Å². The fourth-order valence-electron chi connectivity index (χ4n) is 2.99. The topological polar surface area (TPSA) is 149 Å². The molecule has 0 aliphatic carbocycles. The zero-order valence-electron chi connectivity index (χ0n) is 19.2. The number of nitro groups is 1. The lowest BCUT2D eigenvalue weighted by molar-refractivity contribution is -0.384. The Hall–Kier alpha value is -4.11. The van der Waals surface area contributed by atoms with Crippen molar-refractivity contribution in [2.45, 2.75) is 11.8 Å². The largest absolute Gasteiger partial charge is 0.493 e. The SMILES string of the molecule is COc1cc(/C=C(\C#N)C(=O)Nc2cc([N+](=O)[O-])ccc2Cl)cc(Cl)c1OS(=O)(=O)c1ccc(C)cc1. The third kappa shape index (κ3) is 6.56. The van der Waals surface area contributed by atoms with E-state index in [1.165, 1.54) is 37.4 Å². The second kappa shape index (κ2) is 11.3. The molecule has 10 nitrogen and oxygen atoms in total. The molecular formula is C24H17Cl2N3O7S. The first-order chi connectivity index (χ1) is 17.4. The number of halogens is 2. The third-order valence-corrected chi connectivity index (χ3v) is 6.69. The first kappa shape index (κ1) is 27.5. The van der Waals surface area contributed by atoms with Crippen LogP contribution in [0.25, 0.3) is 6.08 Å². The van der Waals surface area contributed by atoms with E-state index < -0.39 is 26.5 Å². The van der Waals surface area contributed by atoms with Crippen molar-refractivity contribution in [2.75, 3.05) is 12.4 Å². The van der Waals surface area contributed by atoms with Crippen molar-refractivity contribution in [1.29, 1.82) is 5.26 Å². The summed E-state index contributed by atoms with van der Waals surface area (Å²) in [5, 5.41) is 22.7. The van der Waals surface area contributed by atoms with E-state index >= 15 is 0 Å². The zero-order chi connectivity index (χ0) is 27.3. The number of anilines is 1. The van der Waals surface area contributed by atoms with Gasteiger partial charge in [0.05, 0.1) is 27.8 Å². The summed E-state index contributed by atoms with van der Waals surface area (Å²) in [5.41, 5.74) is 0.286. The van der Waals surface area contributed by atoms with Gasteiger partial charge in [-0.15, -0.1) is 0 Å². The first-order valence-electron chi connectivity index (χ1n) is 10.2. The molecule has 0 aromatic heterocycles. The second-order valence-electron chi connectivity index (χ2n) is 7.43. The molecule has 3 rings (SSSR count). The number of carbonyl (C=O) groups excluding carboxylic acids is 1. The number of aryl methyl sites for hydroxylation is 1. The van der Waals surface area contributed by atoms with E-state index in [9.17, 15) is 28.6 Å². The number of nitrogens with zero attached hydrogens (tertiary/aromatic N) is 2. The summed E-state index contributed by atoms with van der Waals surface area (Å²) >= 11 is 12.3. The van der Waals surface area contributed by atoms with Crippen LogP contribution in [-0.2, 0) is 14.9 Å². The minimum Gasteiger partial charge on any atom is -0.493 e. The molecule has 0 radical (unpaired) electrons. The summed E-state index contributed by atoms with van der Waals surface area (Å²) in [4.78, 5) is 22.9. The molecular weight excluding hydrogens is 545 g/mol. The molecule has 3 aromatic rings. The van der Waals surface area contributed by atoms with Crippen molar-refractivity contribution >= 4 is 56.7 Å². The number of carbonyl (C=O) groups is 1. The normalized spacial score (nSPS) is 11.4. The predicted molar refractivity (Wildman–Crippen MR) is 137 cm³/mol. The van der Waals surface area contributed by atoms with E-state index in [4.69, 9.17) is 32.1 Å². The molecule has 0 bridgehead atoms. The van der Waals surface area contributed by atoms with Crippen LogP contribution < -0.4 is 14.2 Å². The summed E-state index contributed by atoms with van der Waals surface area (Å²) in [6.07, 6.45) is 1.16. The lowest BCUT2D eigenvalue weighted by atomic mass is 10.1. The summed E-state index contributed by atoms with van der Waals surface area (Å²) in [6.45, 7) is 1.80. The van der Waals surface area contributed by atoms with Gasteiger partial charge in [-0.25, -0.2) is 0 Å². The van der Waals surface area contributed by atoms with Gasteiger partial charge in [-0.2, -0.15) is 13.7 Å². The predicted octanol–water partition coefficient (Wildman–Crippen LogP) is 5.53. The van der Waals surface area contributed by atoms with Crippen LogP contribution in [0.15, 0.2) is 65.1 Å². The highest BCUT2D eigenvalue weighted by Gasteiger charge is 2.23. The minimum atomic E-state index is -4.24. The number of non-ortho nitro benzene ring substituents is 1. The fourth-order valence-corrected chi connectivity index (χ4v) is 4.42. The number of nitriles is 1. The summed E-state index contributed by atoms with van der Waals surface area (Å²) in [6, 6.07) is 13.7. The van der Waals surface area contributed by atoms with Gasteiger partial charge in [0.1, 0.15) is 16.5 Å².